The average Bonchev–Trinajstić information content (AvgIpc) is 3.19. The Hall–Kier alpha value is -3.05. The molecule has 2 aliphatic carbocycles. The van der Waals surface area contributed by atoms with E-state index in [2.05, 4.69) is 16.7 Å². The summed E-state index contributed by atoms with van der Waals surface area (Å²) >= 11 is 1.37. The molecule has 4 rings (SSSR count). The maximum absolute atomic E-state index is 12.2. The lowest BCUT2D eigenvalue weighted by Crippen LogP contribution is -2.32. The zero-order valence-electron chi connectivity index (χ0n) is 15.1. The van der Waals surface area contributed by atoms with Crippen LogP contribution in [-0.2, 0) is 22.4 Å². The lowest BCUT2D eigenvalue weighted by Gasteiger charge is -2.22. The van der Waals surface area contributed by atoms with E-state index in [1.165, 1.54) is 23.7 Å². The molecule has 2 amide bonds. The van der Waals surface area contributed by atoms with Gasteiger partial charge in [-0.3, -0.25) is 4.79 Å². The van der Waals surface area contributed by atoms with Gasteiger partial charge in [0.05, 0.1) is 11.8 Å². The molecule has 2 heterocycles. The summed E-state index contributed by atoms with van der Waals surface area (Å²) in [6, 6.07) is 5.94. The molecule has 2 aromatic rings. The highest BCUT2D eigenvalue weighted by molar-refractivity contribution is 7.16. The molecule has 1 saturated carbocycles. The van der Waals surface area contributed by atoms with Gasteiger partial charge in [-0.1, -0.05) is 0 Å². The quantitative estimate of drug-likeness (QED) is 0.750. The first kappa shape index (κ1) is 18.3. The van der Waals surface area contributed by atoms with Crippen molar-refractivity contribution in [1.82, 2.24) is 5.32 Å². The first-order valence-corrected chi connectivity index (χ1v) is 9.98. The second kappa shape index (κ2) is 7.90. The Bertz CT molecular complexity index is 951. The van der Waals surface area contributed by atoms with E-state index in [1.54, 1.807) is 18.2 Å². The summed E-state index contributed by atoms with van der Waals surface area (Å²) in [7, 11) is 0. The van der Waals surface area contributed by atoms with Crippen molar-refractivity contribution < 1.29 is 18.7 Å². The minimum absolute atomic E-state index is 0.209. The molecule has 0 aromatic carbocycles. The van der Waals surface area contributed by atoms with Crippen molar-refractivity contribution in [3.8, 4) is 6.07 Å². The van der Waals surface area contributed by atoms with Crippen LogP contribution in [0.25, 0.3) is 6.08 Å². The summed E-state index contributed by atoms with van der Waals surface area (Å²) < 4.78 is 10.7. The largest absolute Gasteiger partial charge is 0.465 e. The molecular weight excluding hydrogens is 378 g/mol. The maximum atomic E-state index is 12.2. The molecule has 144 valence electrons. The van der Waals surface area contributed by atoms with Gasteiger partial charge >= 0.3 is 6.09 Å². The summed E-state index contributed by atoms with van der Waals surface area (Å²) in [6.07, 6.45) is 7.78. The predicted molar refractivity (Wildman–Crippen MR) is 104 cm³/mol. The fraction of sp³-hybridized carbons (Fsp3) is 0.350. The number of rotatable bonds is 5. The number of carbonyl (C=O) groups excluding carboxylic acids is 2. The van der Waals surface area contributed by atoms with Gasteiger partial charge in [-0.15, -0.1) is 11.3 Å². The molecule has 28 heavy (non-hydrogen) atoms. The van der Waals surface area contributed by atoms with E-state index >= 15 is 0 Å². The molecule has 0 aliphatic heterocycles. The maximum Gasteiger partial charge on any atom is 0.407 e. The van der Waals surface area contributed by atoms with Gasteiger partial charge in [-0.25, -0.2) is 4.79 Å². The van der Waals surface area contributed by atoms with Gasteiger partial charge in [-0.05, 0) is 49.5 Å². The van der Waals surface area contributed by atoms with Crippen LogP contribution in [0.15, 0.2) is 28.9 Å². The van der Waals surface area contributed by atoms with Crippen LogP contribution in [0.5, 0.6) is 0 Å². The highest BCUT2D eigenvalue weighted by Gasteiger charge is 2.30. The van der Waals surface area contributed by atoms with Gasteiger partial charge in [0.25, 0.3) is 0 Å². The van der Waals surface area contributed by atoms with E-state index in [1.807, 2.05) is 0 Å². The molecule has 2 N–H and O–H groups in total. The third kappa shape index (κ3) is 4.26. The smallest absolute Gasteiger partial charge is 0.407 e. The Morgan fingerprint density at radius 2 is 2.21 bits per heavy atom. The highest BCUT2D eigenvalue weighted by atomic mass is 32.1. The van der Waals surface area contributed by atoms with Gasteiger partial charge < -0.3 is 19.8 Å². The number of thiophene rings is 1. The monoisotopic (exact) mass is 397 g/mol. The van der Waals surface area contributed by atoms with Crippen LogP contribution in [0.4, 0.5) is 9.80 Å². The summed E-state index contributed by atoms with van der Waals surface area (Å²) in [5, 5.41) is 15.7. The van der Waals surface area contributed by atoms with Crippen molar-refractivity contribution in [2.45, 2.75) is 44.2 Å². The van der Waals surface area contributed by atoms with Crippen LogP contribution in [0.3, 0.4) is 0 Å². The molecular formula is C20H19N3O4S. The number of hydrogen-bond donors (Lipinski definition) is 2. The van der Waals surface area contributed by atoms with Gasteiger partial charge in [0.1, 0.15) is 22.9 Å². The number of nitrogens with zero attached hydrogens (tertiary/aromatic N) is 1. The lowest BCUT2D eigenvalue weighted by atomic mass is 9.94. The fourth-order valence-electron chi connectivity index (χ4n) is 3.14. The first-order chi connectivity index (χ1) is 13.6. The molecule has 7 nitrogen and oxygen atoms in total. The van der Waals surface area contributed by atoms with Crippen LogP contribution in [0.1, 0.15) is 41.0 Å². The van der Waals surface area contributed by atoms with Crippen molar-refractivity contribution in [3.05, 3.63) is 46.2 Å². The second-order valence-corrected chi connectivity index (χ2v) is 7.95. The van der Waals surface area contributed by atoms with E-state index in [0.29, 0.717) is 35.6 Å². The summed E-state index contributed by atoms with van der Waals surface area (Å²) in [5.41, 5.74) is 1.45. The molecule has 2 aliphatic rings. The molecule has 1 fully saturated rings. The number of nitrogens with one attached hydrogen (secondary N) is 2. The zero-order chi connectivity index (χ0) is 19.5. The summed E-state index contributed by atoms with van der Waals surface area (Å²) in [5.74, 6) is 0.244. The van der Waals surface area contributed by atoms with Crippen LogP contribution < -0.4 is 10.6 Å². The SMILES string of the molecule is N#Cc1c(NC(=O)/C=C/c2ccco2)sc2c1CCC(OC(=O)NC1CC1)C2. The minimum atomic E-state index is -0.371. The Balaban J connectivity index is 1.42. The molecule has 0 saturated heterocycles. The Morgan fingerprint density at radius 1 is 1.36 bits per heavy atom. The van der Waals surface area contributed by atoms with Crippen LogP contribution in [-0.4, -0.2) is 24.1 Å². The molecule has 8 heteroatoms. The van der Waals surface area contributed by atoms with Crippen molar-refractivity contribution in [2.24, 2.45) is 0 Å². The molecule has 2 aromatic heterocycles. The van der Waals surface area contributed by atoms with Crippen molar-refractivity contribution in [3.63, 3.8) is 0 Å². The fourth-order valence-corrected chi connectivity index (χ4v) is 4.41. The van der Waals surface area contributed by atoms with Gasteiger partial charge in [-0.2, -0.15) is 5.26 Å². The highest BCUT2D eigenvalue weighted by Crippen LogP contribution is 2.38. The van der Waals surface area contributed by atoms with Gasteiger partial charge in [0.15, 0.2) is 0 Å². The standard InChI is InChI=1S/C20H19N3O4S/c21-11-16-15-7-5-14(27-20(25)22-12-3-4-12)10-17(15)28-19(16)23-18(24)8-6-13-2-1-9-26-13/h1-2,6,8-9,12,14H,3-5,7,10H2,(H,22,25)(H,23,24)/b8-6+. The van der Waals surface area contributed by atoms with Crippen LogP contribution >= 0.6 is 11.3 Å². The number of alkyl carbamates (subject to hydrolysis) is 1. The van der Waals surface area contributed by atoms with E-state index in [4.69, 9.17) is 9.15 Å². The van der Waals surface area contributed by atoms with Crippen molar-refractivity contribution >= 4 is 34.4 Å². The minimum Gasteiger partial charge on any atom is -0.465 e. The first-order valence-electron chi connectivity index (χ1n) is 9.16. The topological polar surface area (TPSA) is 104 Å². The van der Waals surface area contributed by atoms with Gasteiger partial charge in [0.2, 0.25) is 5.91 Å². The van der Waals surface area contributed by atoms with Gasteiger partial charge in [0, 0.05) is 23.4 Å². The number of hydrogen-bond acceptors (Lipinski definition) is 6. The second-order valence-electron chi connectivity index (χ2n) is 6.85. The summed E-state index contributed by atoms with van der Waals surface area (Å²) in [6.45, 7) is 0. The lowest BCUT2D eigenvalue weighted by molar-refractivity contribution is -0.111. The summed E-state index contributed by atoms with van der Waals surface area (Å²) in [4.78, 5) is 25.0. The normalized spacial score (nSPS) is 18.3. The molecule has 0 radical (unpaired) electrons. The van der Waals surface area contributed by atoms with Crippen molar-refractivity contribution in [2.75, 3.05) is 5.32 Å². The molecule has 1 unspecified atom stereocenters. The Kier molecular flexibility index (Phi) is 5.17. The number of fused-ring (bicyclic) bond motifs is 1. The number of furan rings is 1. The van der Waals surface area contributed by atoms with E-state index in [9.17, 15) is 14.9 Å². The number of amides is 2. The number of carbonyl (C=O) groups is 2. The van der Waals surface area contributed by atoms with Crippen LogP contribution in [0.2, 0.25) is 0 Å². The van der Waals surface area contributed by atoms with E-state index < -0.39 is 0 Å². The Morgan fingerprint density at radius 3 is 2.93 bits per heavy atom. The number of nitriles is 1. The van der Waals surface area contributed by atoms with Crippen LogP contribution in [0, 0.1) is 11.3 Å². The number of ether oxygens (including phenoxy) is 1. The van der Waals surface area contributed by atoms with E-state index in [-0.39, 0.29) is 24.1 Å². The molecule has 1 atom stereocenters. The third-order valence-corrected chi connectivity index (χ3v) is 5.85. The predicted octanol–water partition coefficient (Wildman–Crippen LogP) is 3.61. The van der Waals surface area contributed by atoms with Crippen molar-refractivity contribution in [1.29, 1.82) is 5.26 Å². The average molecular weight is 397 g/mol. The zero-order valence-corrected chi connectivity index (χ0v) is 15.9. The Labute approximate surface area is 166 Å². The third-order valence-electron chi connectivity index (χ3n) is 4.68. The molecule has 0 bridgehead atoms. The number of anilines is 1. The molecule has 0 spiro atoms. The van der Waals surface area contributed by atoms with E-state index in [0.717, 1.165) is 23.3 Å².